The summed E-state index contributed by atoms with van der Waals surface area (Å²) >= 11 is 2.52. The number of carbonyl (C=O) groups is 1. The first-order valence-corrected chi connectivity index (χ1v) is 11.3. The van der Waals surface area contributed by atoms with Crippen molar-refractivity contribution < 1.29 is 13.6 Å². The van der Waals surface area contributed by atoms with Crippen molar-refractivity contribution in [3.05, 3.63) is 81.0 Å². The predicted octanol–water partition coefficient (Wildman–Crippen LogP) is 3.64. The van der Waals surface area contributed by atoms with Gasteiger partial charge in [0.05, 0.1) is 5.69 Å². The van der Waals surface area contributed by atoms with E-state index in [9.17, 15) is 23.2 Å². The van der Waals surface area contributed by atoms with Crippen molar-refractivity contribution in [3.63, 3.8) is 0 Å². The number of para-hydroxylation sites is 2. The van der Waals surface area contributed by atoms with E-state index in [2.05, 4.69) is 10.3 Å². The van der Waals surface area contributed by atoms with E-state index in [1.54, 1.807) is 30.3 Å². The average molecular weight is 475 g/mol. The van der Waals surface area contributed by atoms with Crippen LogP contribution in [0.3, 0.4) is 0 Å². The largest absolute Gasteiger partial charge is 0.337 e. The Morgan fingerprint density at radius 3 is 2.44 bits per heavy atom. The minimum Gasteiger partial charge on any atom is -0.320 e. The molecule has 11 heteroatoms. The topological polar surface area (TPSA) is 86.0 Å². The maximum absolute atomic E-state index is 13.9. The van der Waals surface area contributed by atoms with Crippen molar-refractivity contribution >= 4 is 45.0 Å². The number of halogens is 2. The first-order valence-electron chi connectivity index (χ1n) is 9.49. The summed E-state index contributed by atoms with van der Waals surface area (Å²) in [5, 5.41) is 2.16. The number of thioether (sulfide) groups is 1. The second kappa shape index (κ2) is 9.05. The summed E-state index contributed by atoms with van der Waals surface area (Å²) in [7, 11) is 0. The molecule has 0 unspecified atom stereocenters. The van der Waals surface area contributed by atoms with Crippen molar-refractivity contribution in [1.29, 1.82) is 0 Å². The second-order valence-electron chi connectivity index (χ2n) is 6.56. The quantitative estimate of drug-likeness (QED) is 0.431. The van der Waals surface area contributed by atoms with Crippen LogP contribution in [-0.2, 0) is 11.3 Å². The standard InChI is InChI=1S/C21H16F2N4O3S2/c1-2-31-20-25-18-17(32-20)19(29)27(12-7-4-3-5-8-12)21(30)26(18)11-15(28)24-16-13(22)9-6-10-14(16)23/h3-10H,2,11H2,1H3,(H,24,28). The molecule has 0 radical (unpaired) electrons. The van der Waals surface area contributed by atoms with Crippen LogP contribution in [-0.4, -0.2) is 25.8 Å². The number of aromatic nitrogens is 3. The molecule has 4 aromatic rings. The highest BCUT2D eigenvalue weighted by Crippen LogP contribution is 2.27. The van der Waals surface area contributed by atoms with Crippen LogP contribution in [0.5, 0.6) is 0 Å². The van der Waals surface area contributed by atoms with Gasteiger partial charge in [0.15, 0.2) is 9.99 Å². The summed E-state index contributed by atoms with van der Waals surface area (Å²) in [4.78, 5) is 43.3. The number of hydrogen-bond acceptors (Lipinski definition) is 6. The third-order valence-corrected chi connectivity index (χ3v) is 6.53. The van der Waals surface area contributed by atoms with E-state index >= 15 is 0 Å². The summed E-state index contributed by atoms with van der Waals surface area (Å²) in [5.41, 5.74) is -1.56. The van der Waals surface area contributed by atoms with Crippen LogP contribution >= 0.6 is 23.1 Å². The van der Waals surface area contributed by atoms with Gasteiger partial charge < -0.3 is 5.32 Å². The van der Waals surface area contributed by atoms with E-state index in [0.29, 0.717) is 15.8 Å². The minimum atomic E-state index is -0.944. The van der Waals surface area contributed by atoms with Crippen molar-refractivity contribution in [2.45, 2.75) is 17.8 Å². The van der Waals surface area contributed by atoms with Crippen molar-refractivity contribution in [1.82, 2.24) is 14.1 Å². The summed E-state index contributed by atoms with van der Waals surface area (Å²) in [5.74, 6) is -2.03. The molecule has 0 spiro atoms. The molecule has 2 aromatic carbocycles. The number of benzene rings is 2. The van der Waals surface area contributed by atoms with E-state index in [-0.39, 0.29) is 10.3 Å². The molecule has 0 saturated heterocycles. The number of carbonyl (C=O) groups excluding carboxylic acids is 1. The average Bonchev–Trinajstić information content (AvgIpc) is 3.19. The Bertz CT molecular complexity index is 1410. The zero-order valence-corrected chi connectivity index (χ0v) is 18.3. The van der Waals surface area contributed by atoms with E-state index in [1.807, 2.05) is 6.92 Å². The third kappa shape index (κ3) is 4.08. The van der Waals surface area contributed by atoms with Gasteiger partial charge in [-0.25, -0.2) is 23.1 Å². The molecule has 0 aliphatic carbocycles. The van der Waals surface area contributed by atoms with Crippen molar-refractivity contribution in [2.24, 2.45) is 0 Å². The van der Waals surface area contributed by atoms with Gasteiger partial charge in [0, 0.05) is 0 Å². The monoisotopic (exact) mass is 474 g/mol. The van der Waals surface area contributed by atoms with Crippen molar-refractivity contribution in [3.8, 4) is 5.69 Å². The molecule has 0 aliphatic rings. The Kier molecular flexibility index (Phi) is 6.19. The first-order chi connectivity index (χ1) is 15.4. The predicted molar refractivity (Wildman–Crippen MR) is 121 cm³/mol. The maximum atomic E-state index is 13.9. The highest BCUT2D eigenvalue weighted by Gasteiger charge is 2.21. The molecule has 0 saturated carbocycles. The molecular formula is C21H16F2N4O3S2. The molecule has 0 aliphatic heterocycles. The van der Waals surface area contributed by atoms with Crippen LogP contribution in [0.15, 0.2) is 62.5 Å². The second-order valence-corrected chi connectivity index (χ2v) is 9.07. The van der Waals surface area contributed by atoms with Crippen LogP contribution in [0.4, 0.5) is 14.5 Å². The van der Waals surface area contributed by atoms with Gasteiger partial charge in [-0.1, -0.05) is 43.0 Å². The summed E-state index contributed by atoms with van der Waals surface area (Å²) in [6, 6.07) is 11.5. The molecule has 1 amide bonds. The zero-order chi connectivity index (χ0) is 22.8. The molecule has 2 heterocycles. The lowest BCUT2D eigenvalue weighted by Gasteiger charge is -2.12. The van der Waals surface area contributed by atoms with Gasteiger partial charge in [0.1, 0.15) is 28.6 Å². The summed E-state index contributed by atoms with van der Waals surface area (Å²) in [6.45, 7) is 1.33. The van der Waals surface area contributed by atoms with Gasteiger partial charge in [0.25, 0.3) is 5.56 Å². The molecule has 0 fully saturated rings. The SMILES string of the molecule is CCSc1nc2c(s1)c(=O)n(-c1ccccc1)c(=O)n2CC(=O)Nc1c(F)cccc1F. The Morgan fingerprint density at radius 1 is 1.09 bits per heavy atom. The molecule has 32 heavy (non-hydrogen) atoms. The smallest absolute Gasteiger partial charge is 0.320 e. The zero-order valence-electron chi connectivity index (χ0n) is 16.7. The Balaban J connectivity index is 1.85. The van der Waals surface area contributed by atoms with Crippen LogP contribution in [0.25, 0.3) is 16.0 Å². The van der Waals surface area contributed by atoms with E-state index < -0.39 is 41.0 Å². The molecule has 2 aromatic heterocycles. The number of fused-ring (bicyclic) bond motifs is 1. The van der Waals surface area contributed by atoms with Gasteiger partial charge in [-0.2, -0.15) is 0 Å². The molecule has 1 N–H and O–H groups in total. The van der Waals surface area contributed by atoms with Crippen LogP contribution < -0.4 is 16.6 Å². The number of amides is 1. The Labute approximate surface area is 188 Å². The Morgan fingerprint density at radius 2 is 1.78 bits per heavy atom. The number of thiazole rings is 1. The lowest BCUT2D eigenvalue weighted by Crippen LogP contribution is -2.40. The fraction of sp³-hybridized carbons (Fsp3) is 0.143. The van der Waals surface area contributed by atoms with Gasteiger partial charge in [0.2, 0.25) is 5.91 Å². The third-order valence-electron chi connectivity index (χ3n) is 4.48. The molecule has 4 rings (SSSR count). The molecule has 0 atom stereocenters. The van der Waals surface area contributed by atoms with Crippen LogP contribution in [0, 0.1) is 11.6 Å². The lowest BCUT2D eigenvalue weighted by atomic mass is 10.3. The first kappa shape index (κ1) is 21.9. The van der Waals surface area contributed by atoms with Gasteiger partial charge in [-0.05, 0) is 30.0 Å². The number of anilines is 1. The fourth-order valence-electron chi connectivity index (χ4n) is 3.09. The summed E-state index contributed by atoms with van der Waals surface area (Å²) < 4.78 is 30.6. The number of nitrogens with zero attached hydrogens (tertiary/aromatic N) is 3. The number of rotatable bonds is 6. The van der Waals surface area contributed by atoms with E-state index in [1.165, 1.54) is 17.8 Å². The maximum Gasteiger partial charge on any atom is 0.337 e. The molecular weight excluding hydrogens is 458 g/mol. The highest BCUT2D eigenvalue weighted by atomic mass is 32.2. The lowest BCUT2D eigenvalue weighted by molar-refractivity contribution is -0.116. The minimum absolute atomic E-state index is 0.0530. The van der Waals surface area contributed by atoms with Crippen LogP contribution in [0.2, 0.25) is 0 Å². The van der Waals surface area contributed by atoms with E-state index in [4.69, 9.17) is 0 Å². The van der Waals surface area contributed by atoms with Gasteiger partial charge in [-0.3, -0.25) is 14.2 Å². The number of nitrogens with one attached hydrogen (secondary N) is 1. The van der Waals surface area contributed by atoms with Crippen molar-refractivity contribution in [2.75, 3.05) is 11.1 Å². The van der Waals surface area contributed by atoms with E-state index in [0.717, 1.165) is 32.6 Å². The van der Waals surface area contributed by atoms with Crippen LogP contribution in [0.1, 0.15) is 6.92 Å². The Hall–Kier alpha value is -3.31. The van der Waals surface area contributed by atoms with Gasteiger partial charge in [-0.15, -0.1) is 11.3 Å². The summed E-state index contributed by atoms with van der Waals surface area (Å²) in [6.07, 6.45) is 0. The molecule has 0 bridgehead atoms. The molecule has 164 valence electrons. The normalized spacial score (nSPS) is 11.1. The fourth-order valence-corrected chi connectivity index (χ4v) is 5.06. The highest BCUT2D eigenvalue weighted by molar-refractivity contribution is 8.01. The number of hydrogen-bond donors (Lipinski definition) is 1. The molecule has 7 nitrogen and oxygen atoms in total. The van der Waals surface area contributed by atoms with Gasteiger partial charge >= 0.3 is 5.69 Å².